The molecule has 0 aromatic heterocycles. The molecule has 1 aliphatic rings. The van der Waals surface area contributed by atoms with Crippen molar-refractivity contribution < 1.29 is 14.3 Å². The number of halogens is 1. The lowest BCUT2D eigenvalue weighted by Crippen LogP contribution is -2.51. The van der Waals surface area contributed by atoms with Crippen LogP contribution >= 0.6 is 11.6 Å². The van der Waals surface area contributed by atoms with Crippen LogP contribution in [-0.4, -0.2) is 60.9 Å². The van der Waals surface area contributed by atoms with E-state index in [0.29, 0.717) is 36.9 Å². The maximum absolute atomic E-state index is 12.5. The molecule has 2 amide bonds. The predicted molar refractivity (Wildman–Crippen MR) is 115 cm³/mol. The molecule has 7 heteroatoms. The lowest BCUT2D eigenvalue weighted by molar-refractivity contribution is -0.135. The first-order chi connectivity index (χ1) is 13.9. The average Bonchev–Trinajstić information content (AvgIpc) is 2.71. The Bertz CT molecular complexity index is 879. The number of rotatable bonds is 6. The van der Waals surface area contributed by atoms with Crippen molar-refractivity contribution in [2.75, 3.05) is 44.6 Å². The molecule has 29 heavy (non-hydrogen) atoms. The van der Waals surface area contributed by atoms with Crippen molar-refractivity contribution >= 4 is 29.1 Å². The fourth-order valence-corrected chi connectivity index (χ4v) is 3.41. The molecule has 0 radical (unpaired) electrons. The van der Waals surface area contributed by atoms with Crippen LogP contribution in [0.15, 0.2) is 42.5 Å². The molecular formula is C22H26ClN3O3. The van der Waals surface area contributed by atoms with Gasteiger partial charge in [0.1, 0.15) is 5.75 Å². The first-order valence-corrected chi connectivity index (χ1v) is 10.1. The topological polar surface area (TPSA) is 61.9 Å². The van der Waals surface area contributed by atoms with E-state index in [2.05, 4.69) is 5.32 Å². The fraction of sp³-hybridized carbons (Fsp3) is 0.364. The molecule has 2 aromatic carbocycles. The number of para-hydroxylation sites is 1. The summed E-state index contributed by atoms with van der Waals surface area (Å²) in [6.07, 6.45) is 0. The predicted octanol–water partition coefficient (Wildman–Crippen LogP) is 3.12. The highest BCUT2D eigenvalue weighted by molar-refractivity contribution is 6.33. The number of carbonyl (C=O) groups is 2. The quantitative estimate of drug-likeness (QED) is 0.787. The van der Waals surface area contributed by atoms with E-state index in [-0.39, 0.29) is 25.0 Å². The molecule has 0 saturated carbocycles. The molecule has 1 fully saturated rings. The summed E-state index contributed by atoms with van der Waals surface area (Å²) in [6, 6.07) is 13.0. The summed E-state index contributed by atoms with van der Waals surface area (Å²) in [6.45, 7) is 6.75. The van der Waals surface area contributed by atoms with Crippen LogP contribution in [0.3, 0.4) is 0 Å². The van der Waals surface area contributed by atoms with Gasteiger partial charge in [-0.3, -0.25) is 14.5 Å². The summed E-state index contributed by atoms with van der Waals surface area (Å²) >= 11 is 6.07. The van der Waals surface area contributed by atoms with Gasteiger partial charge in [0, 0.05) is 26.2 Å². The summed E-state index contributed by atoms with van der Waals surface area (Å²) in [5.74, 6) is 0.593. The monoisotopic (exact) mass is 415 g/mol. The van der Waals surface area contributed by atoms with E-state index in [0.717, 1.165) is 16.9 Å². The Morgan fingerprint density at radius 2 is 1.76 bits per heavy atom. The zero-order valence-corrected chi connectivity index (χ0v) is 17.5. The van der Waals surface area contributed by atoms with Gasteiger partial charge in [-0.25, -0.2) is 0 Å². The van der Waals surface area contributed by atoms with Crippen molar-refractivity contribution in [1.82, 2.24) is 9.80 Å². The Morgan fingerprint density at radius 1 is 1.03 bits per heavy atom. The molecule has 0 unspecified atom stereocenters. The summed E-state index contributed by atoms with van der Waals surface area (Å²) in [4.78, 5) is 28.5. The van der Waals surface area contributed by atoms with Gasteiger partial charge in [0.25, 0.3) is 5.91 Å². The Balaban J connectivity index is 1.42. The van der Waals surface area contributed by atoms with Crippen LogP contribution < -0.4 is 10.1 Å². The molecule has 6 nitrogen and oxygen atoms in total. The second-order valence-electron chi connectivity index (χ2n) is 7.17. The summed E-state index contributed by atoms with van der Waals surface area (Å²) in [5, 5.41) is 3.34. The van der Waals surface area contributed by atoms with Crippen molar-refractivity contribution in [2.24, 2.45) is 0 Å². The maximum Gasteiger partial charge on any atom is 0.260 e. The van der Waals surface area contributed by atoms with E-state index in [1.165, 1.54) is 0 Å². The molecule has 1 saturated heterocycles. The molecule has 1 N–H and O–H groups in total. The van der Waals surface area contributed by atoms with Crippen molar-refractivity contribution in [3.8, 4) is 5.75 Å². The molecule has 1 aliphatic heterocycles. The highest BCUT2D eigenvalue weighted by atomic mass is 35.5. The molecule has 0 bridgehead atoms. The van der Waals surface area contributed by atoms with Crippen molar-refractivity contribution in [2.45, 2.75) is 13.8 Å². The molecule has 154 valence electrons. The van der Waals surface area contributed by atoms with E-state index >= 15 is 0 Å². The van der Waals surface area contributed by atoms with Crippen LogP contribution in [-0.2, 0) is 9.59 Å². The van der Waals surface area contributed by atoms with Gasteiger partial charge in [-0.1, -0.05) is 35.9 Å². The van der Waals surface area contributed by atoms with Crippen LogP contribution in [0.25, 0.3) is 0 Å². The van der Waals surface area contributed by atoms with E-state index in [4.69, 9.17) is 16.3 Å². The minimum absolute atomic E-state index is 0.0251. The van der Waals surface area contributed by atoms with Gasteiger partial charge >= 0.3 is 0 Å². The van der Waals surface area contributed by atoms with Crippen LogP contribution in [0.5, 0.6) is 5.75 Å². The number of hydrogen-bond acceptors (Lipinski definition) is 4. The van der Waals surface area contributed by atoms with Crippen LogP contribution in [0.4, 0.5) is 5.69 Å². The van der Waals surface area contributed by atoms with E-state index in [1.54, 1.807) is 17.0 Å². The maximum atomic E-state index is 12.5. The van der Waals surface area contributed by atoms with Crippen LogP contribution in [0.1, 0.15) is 11.1 Å². The smallest absolute Gasteiger partial charge is 0.260 e. The molecule has 1 heterocycles. The molecule has 0 atom stereocenters. The normalized spacial score (nSPS) is 14.5. The fourth-order valence-electron chi connectivity index (χ4n) is 3.22. The van der Waals surface area contributed by atoms with Gasteiger partial charge in [-0.2, -0.15) is 0 Å². The lowest BCUT2D eigenvalue weighted by atomic mass is 10.1. The average molecular weight is 416 g/mol. The number of benzene rings is 2. The van der Waals surface area contributed by atoms with Crippen LogP contribution in [0, 0.1) is 13.8 Å². The number of amides is 2. The van der Waals surface area contributed by atoms with E-state index in [9.17, 15) is 9.59 Å². The Labute approximate surface area is 176 Å². The van der Waals surface area contributed by atoms with E-state index in [1.807, 2.05) is 49.1 Å². The highest BCUT2D eigenvalue weighted by Crippen LogP contribution is 2.21. The number of nitrogens with one attached hydrogen (secondary N) is 1. The number of aryl methyl sites for hydroxylation is 1. The molecule has 2 aromatic rings. The third kappa shape index (κ3) is 5.71. The number of anilines is 1. The Hall–Kier alpha value is -2.57. The minimum atomic E-state index is -0.115. The third-order valence-corrected chi connectivity index (χ3v) is 5.48. The van der Waals surface area contributed by atoms with E-state index < -0.39 is 0 Å². The Kier molecular flexibility index (Phi) is 7.12. The van der Waals surface area contributed by atoms with Gasteiger partial charge < -0.3 is 15.0 Å². The third-order valence-electron chi connectivity index (χ3n) is 5.15. The summed E-state index contributed by atoms with van der Waals surface area (Å²) in [7, 11) is 0. The lowest BCUT2D eigenvalue weighted by Gasteiger charge is -2.34. The van der Waals surface area contributed by atoms with Gasteiger partial charge in [0.05, 0.1) is 17.3 Å². The van der Waals surface area contributed by atoms with Crippen molar-refractivity contribution in [3.05, 3.63) is 58.6 Å². The van der Waals surface area contributed by atoms with Crippen molar-refractivity contribution in [1.29, 1.82) is 0 Å². The van der Waals surface area contributed by atoms with Crippen LogP contribution in [0.2, 0.25) is 5.02 Å². The second-order valence-corrected chi connectivity index (χ2v) is 7.58. The highest BCUT2D eigenvalue weighted by Gasteiger charge is 2.23. The first-order valence-electron chi connectivity index (χ1n) is 9.67. The number of nitrogens with zero attached hydrogens (tertiary/aromatic N) is 2. The molecule has 0 aliphatic carbocycles. The largest absolute Gasteiger partial charge is 0.483 e. The molecule has 3 rings (SSSR count). The zero-order chi connectivity index (χ0) is 20.8. The number of ether oxygens (including phenoxy) is 1. The second kappa shape index (κ2) is 9.76. The number of piperazine rings is 1. The van der Waals surface area contributed by atoms with Gasteiger partial charge in [0.2, 0.25) is 5.91 Å². The SMILES string of the molecule is Cc1cccc(OCC(=O)N2CCN(CC(=O)Nc3ccccc3Cl)CC2)c1C. The number of hydrogen-bond donors (Lipinski definition) is 1. The molecule has 0 spiro atoms. The first kappa shape index (κ1) is 21.1. The van der Waals surface area contributed by atoms with Gasteiger partial charge in [-0.15, -0.1) is 0 Å². The van der Waals surface area contributed by atoms with Gasteiger partial charge in [-0.05, 0) is 43.2 Å². The van der Waals surface area contributed by atoms with Gasteiger partial charge in [0.15, 0.2) is 6.61 Å². The zero-order valence-electron chi connectivity index (χ0n) is 16.8. The number of carbonyl (C=O) groups excluding carboxylic acids is 2. The Morgan fingerprint density at radius 3 is 2.48 bits per heavy atom. The van der Waals surface area contributed by atoms with Crippen molar-refractivity contribution in [3.63, 3.8) is 0 Å². The standard InChI is InChI=1S/C22H26ClN3O3/c1-16-6-5-9-20(17(16)2)29-15-22(28)26-12-10-25(11-13-26)14-21(27)24-19-8-4-3-7-18(19)23/h3-9H,10-15H2,1-2H3,(H,24,27). The summed E-state index contributed by atoms with van der Waals surface area (Å²) in [5.41, 5.74) is 2.80. The molecular weight excluding hydrogens is 390 g/mol. The minimum Gasteiger partial charge on any atom is -0.483 e. The summed E-state index contributed by atoms with van der Waals surface area (Å²) < 4.78 is 5.72.